The van der Waals surface area contributed by atoms with Crippen molar-refractivity contribution in [2.75, 3.05) is 13.1 Å². The van der Waals surface area contributed by atoms with E-state index in [-0.39, 0.29) is 12.4 Å². The average Bonchev–Trinajstić information content (AvgIpc) is 1.79. The molecule has 0 amide bonds. The molecule has 0 spiro atoms. The molecule has 0 heterocycles. The van der Waals surface area contributed by atoms with Crippen LogP contribution in [0.5, 0.6) is 0 Å². The number of halogens is 1. The largest absolute Gasteiger partial charge is 0.316 e. The Hall–Kier alpha value is 0.250. The van der Waals surface area contributed by atoms with E-state index in [0.717, 1.165) is 11.8 Å². The molecule has 2 aliphatic rings. The van der Waals surface area contributed by atoms with Gasteiger partial charge in [-0.3, -0.25) is 0 Å². The standard InChI is InChI=1S/C10H19N.ClH/c1-3-9(4-1)7-11-8-10-5-2-6-10;/h9-11H,1-8H2;1H. The first kappa shape index (κ1) is 10.3. The first-order valence-corrected chi connectivity index (χ1v) is 5.16. The smallest absolute Gasteiger partial charge is 0.00204 e. The van der Waals surface area contributed by atoms with Crippen molar-refractivity contribution in [1.29, 1.82) is 0 Å². The number of hydrogen-bond donors (Lipinski definition) is 1. The van der Waals surface area contributed by atoms with Gasteiger partial charge in [-0.05, 0) is 50.6 Å². The fraction of sp³-hybridized carbons (Fsp3) is 1.00. The maximum absolute atomic E-state index is 3.59. The molecule has 1 nitrogen and oxygen atoms in total. The summed E-state index contributed by atoms with van der Waals surface area (Å²) in [4.78, 5) is 0. The molecule has 0 aromatic heterocycles. The molecule has 2 aliphatic carbocycles. The number of nitrogens with one attached hydrogen (secondary N) is 1. The van der Waals surface area contributed by atoms with E-state index >= 15 is 0 Å². The monoisotopic (exact) mass is 189 g/mol. The summed E-state index contributed by atoms with van der Waals surface area (Å²) < 4.78 is 0. The lowest BCUT2D eigenvalue weighted by atomic mass is 9.83. The van der Waals surface area contributed by atoms with Crippen molar-refractivity contribution in [3.8, 4) is 0 Å². The lowest BCUT2D eigenvalue weighted by Gasteiger charge is -2.29. The summed E-state index contributed by atoms with van der Waals surface area (Å²) in [5, 5.41) is 3.59. The van der Waals surface area contributed by atoms with Crippen LogP contribution in [-0.4, -0.2) is 13.1 Å². The molecule has 0 aromatic rings. The Bertz CT molecular complexity index is 105. The van der Waals surface area contributed by atoms with Gasteiger partial charge in [-0.2, -0.15) is 0 Å². The molecule has 2 saturated carbocycles. The third-order valence-electron chi connectivity index (χ3n) is 3.32. The highest BCUT2D eigenvalue weighted by atomic mass is 35.5. The van der Waals surface area contributed by atoms with E-state index in [0.29, 0.717) is 0 Å². The maximum Gasteiger partial charge on any atom is -0.00204 e. The number of hydrogen-bond acceptors (Lipinski definition) is 1. The van der Waals surface area contributed by atoms with Gasteiger partial charge in [0.15, 0.2) is 0 Å². The Balaban J connectivity index is 0.000000720. The Morgan fingerprint density at radius 3 is 1.50 bits per heavy atom. The highest BCUT2D eigenvalue weighted by Crippen LogP contribution is 2.27. The molecule has 72 valence electrons. The summed E-state index contributed by atoms with van der Waals surface area (Å²) in [6, 6.07) is 0. The van der Waals surface area contributed by atoms with E-state index in [1.807, 2.05) is 0 Å². The van der Waals surface area contributed by atoms with E-state index in [9.17, 15) is 0 Å². The Labute approximate surface area is 81.7 Å². The first-order chi connectivity index (χ1) is 5.45. The molecule has 2 heteroatoms. The van der Waals surface area contributed by atoms with Crippen LogP contribution >= 0.6 is 12.4 Å². The van der Waals surface area contributed by atoms with Gasteiger partial charge in [0.2, 0.25) is 0 Å². The predicted octanol–water partition coefficient (Wildman–Crippen LogP) is 2.60. The average molecular weight is 190 g/mol. The molecule has 0 aliphatic heterocycles. The van der Waals surface area contributed by atoms with Crippen LogP contribution in [0, 0.1) is 11.8 Å². The fourth-order valence-electron chi connectivity index (χ4n) is 1.89. The van der Waals surface area contributed by atoms with Gasteiger partial charge in [0.1, 0.15) is 0 Å². The van der Waals surface area contributed by atoms with Gasteiger partial charge >= 0.3 is 0 Å². The Kier molecular flexibility index (Phi) is 4.38. The van der Waals surface area contributed by atoms with Crippen LogP contribution in [-0.2, 0) is 0 Å². The zero-order chi connectivity index (χ0) is 7.52. The summed E-state index contributed by atoms with van der Waals surface area (Å²) >= 11 is 0. The molecule has 12 heavy (non-hydrogen) atoms. The minimum Gasteiger partial charge on any atom is -0.316 e. The van der Waals surface area contributed by atoms with E-state index in [1.165, 1.54) is 51.6 Å². The lowest BCUT2D eigenvalue weighted by molar-refractivity contribution is 0.262. The molecule has 0 aromatic carbocycles. The SMILES string of the molecule is C1CC(CNCC2CCC2)C1.Cl. The van der Waals surface area contributed by atoms with Crippen molar-refractivity contribution in [1.82, 2.24) is 5.32 Å². The van der Waals surface area contributed by atoms with Gasteiger partial charge in [0, 0.05) is 0 Å². The van der Waals surface area contributed by atoms with Crippen LogP contribution in [0.15, 0.2) is 0 Å². The van der Waals surface area contributed by atoms with E-state index in [4.69, 9.17) is 0 Å². The normalized spacial score (nSPS) is 24.0. The maximum atomic E-state index is 3.59. The summed E-state index contributed by atoms with van der Waals surface area (Å²) in [5.74, 6) is 2.07. The first-order valence-electron chi connectivity index (χ1n) is 5.16. The van der Waals surface area contributed by atoms with Gasteiger partial charge in [0.25, 0.3) is 0 Å². The van der Waals surface area contributed by atoms with E-state index in [1.54, 1.807) is 0 Å². The van der Waals surface area contributed by atoms with E-state index < -0.39 is 0 Å². The third kappa shape index (κ3) is 2.63. The second-order valence-electron chi connectivity index (χ2n) is 4.25. The number of rotatable bonds is 4. The van der Waals surface area contributed by atoms with Crippen molar-refractivity contribution in [2.45, 2.75) is 38.5 Å². The molecule has 2 fully saturated rings. The van der Waals surface area contributed by atoms with E-state index in [2.05, 4.69) is 5.32 Å². The van der Waals surface area contributed by atoms with Crippen molar-refractivity contribution < 1.29 is 0 Å². The fourth-order valence-corrected chi connectivity index (χ4v) is 1.89. The summed E-state index contributed by atoms with van der Waals surface area (Å²) in [7, 11) is 0. The second kappa shape index (κ2) is 5.08. The molecular formula is C10H20ClN. The minimum atomic E-state index is 0. The Morgan fingerprint density at radius 1 is 0.833 bits per heavy atom. The molecule has 0 radical (unpaired) electrons. The lowest BCUT2D eigenvalue weighted by Crippen LogP contribution is -2.33. The summed E-state index contributed by atoms with van der Waals surface area (Å²) in [6.45, 7) is 2.60. The highest BCUT2D eigenvalue weighted by Gasteiger charge is 2.19. The molecular weight excluding hydrogens is 170 g/mol. The van der Waals surface area contributed by atoms with Crippen molar-refractivity contribution in [3.05, 3.63) is 0 Å². The van der Waals surface area contributed by atoms with Crippen molar-refractivity contribution in [3.63, 3.8) is 0 Å². The second-order valence-corrected chi connectivity index (χ2v) is 4.25. The van der Waals surface area contributed by atoms with Gasteiger partial charge < -0.3 is 5.32 Å². The van der Waals surface area contributed by atoms with Crippen LogP contribution in [0.4, 0.5) is 0 Å². The summed E-state index contributed by atoms with van der Waals surface area (Å²) in [6.07, 6.45) is 8.90. The van der Waals surface area contributed by atoms with Gasteiger partial charge in [0.05, 0.1) is 0 Å². The highest BCUT2D eigenvalue weighted by molar-refractivity contribution is 5.85. The van der Waals surface area contributed by atoms with Crippen molar-refractivity contribution >= 4 is 12.4 Å². The van der Waals surface area contributed by atoms with Gasteiger partial charge in [-0.15, -0.1) is 12.4 Å². The molecule has 2 rings (SSSR count). The zero-order valence-electron chi connectivity index (χ0n) is 7.72. The molecule has 0 atom stereocenters. The molecule has 0 saturated heterocycles. The van der Waals surface area contributed by atoms with Crippen LogP contribution in [0.3, 0.4) is 0 Å². The minimum absolute atomic E-state index is 0. The van der Waals surface area contributed by atoms with Crippen LogP contribution in [0.25, 0.3) is 0 Å². The molecule has 0 unspecified atom stereocenters. The van der Waals surface area contributed by atoms with Gasteiger partial charge in [-0.1, -0.05) is 12.8 Å². The van der Waals surface area contributed by atoms with Crippen LogP contribution in [0.1, 0.15) is 38.5 Å². The predicted molar refractivity (Wildman–Crippen MR) is 54.8 cm³/mol. The summed E-state index contributed by atoms with van der Waals surface area (Å²) in [5.41, 5.74) is 0. The quantitative estimate of drug-likeness (QED) is 0.717. The Morgan fingerprint density at radius 2 is 1.25 bits per heavy atom. The van der Waals surface area contributed by atoms with Crippen LogP contribution < -0.4 is 5.32 Å². The van der Waals surface area contributed by atoms with Gasteiger partial charge in [-0.25, -0.2) is 0 Å². The molecule has 1 N–H and O–H groups in total. The molecule has 0 bridgehead atoms. The zero-order valence-corrected chi connectivity index (χ0v) is 8.54. The topological polar surface area (TPSA) is 12.0 Å². The van der Waals surface area contributed by atoms with Crippen LogP contribution in [0.2, 0.25) is 0 Å². The third-order valence-corrected chi connectivity index (χ3v) is 3.32. The van der Waals surface area contributed by atoms with Crippen molar-refractivity contribution in [2.24, 2.45) is 11.8 Å².